The van der Waals surface area contributed by atoms with E-state index in [1.165, 1.54) is 5.56 Å². The predicted molar refractivity (Wildman–Crippen MR) is 111 cm³/mol. The highest BCUT2D eigenvalue weighted by Crippen LogP contribution is 2.24. The van der Waals surface area contributed by atoms with Crippen LogP contribution in [0.4, 0.5) is 0 Å². The molecule has 0 saturated heterocycles. The molecule has 0 atom stereocenters. The molecule has 1 N–H and O–H groups in total. The van der Waals surface area contributed by atoms with Gasteiger partial charge in [0.1, 0.15) is 0 Å². The standard InChI is InChI=1S/C23H22N4O/c1-27-22-20(16-25-27)19(15-21(26-22)18-12-6-3-7-13-18)23(28)24-14-8-11-17-9-4-2-5-10-17/h2-7,9-10,12-13,15-16H,8,11,14H2,1H3,(H,24,28). The molecule has 0 aliphatic rings. The van der Waals surface area contributed by atoms with Gasteiger partial charge in [-0.15, -0.1) is 0 Å². The summed E-state index contributed by atoms with van der Waals surface area (Å²) in [5.74, 6) is -0.0920. The van der Waals surface area contributed by atoms with Crippen molar-refractivity contribution < 1.29 is 4.79 Å². The summed E-state index contributed by atoms with van der Waals surface area (Å²) in [5.41, 5.74) is 4.34. The second kappa shape index (κ2) is 8.05. The van der Waals surface area contributed by atoms with Gasteiger partial charge in [-0.2, -0.15) is 5.10 Å². The van der Waals surface area contributed by atoms with Crippen LogP contribution < -0.4 is 5.32 Å². The van der Waals surface area contributed by atoms with Crippen LogP contribution >= 0.6 is 0 Å². The molecule has 5 heteroatoms. The largest absolute Gasteiger partial charge is 0.352 e. The Kier molecular flexibility index (Phi) is 5.15. The third kappa shape index (κ3) is 3.78. The molecule has 140 valence electrons. The van der Waals surface area contributed by atoms with Crippen LogP contribution in [0.25, 0.3) is 22.3 Å². The summed E-state index contributed by atoms with van der Waals surface area (Å²) < 4.78 is 1.70. The first-order chi connectivity index (χ1) is 13.7. The molecule has 4 aromatic rings. The number of carbonyl (C=O) groups is 1. The summed E-state index contributed by atoms with van der Waals surface area (Å²) in [7, 11) is 1.84. The van der Waals surface area contributed by atoms with Gasteiger partial charge < -0.3 is 5.32 Å². The lowest BCUT2D eigenvalue weighted by molar-refractivity contribution is 0.0955. The number of carbonyl (C=O) groups excluding carboxylic acids is 1. The minimum absolute atomic E-state index is 0.0920. The van der Waals surface area contributed by atoms with Crippen molar-refractivity contribution in [1.29, 1.82) is 0 Å². The second-order valence-corrected chi connectivity index (χ2v) is 6.77. The summed E-state index contributed by atoms with van der Waals surface area (Å²) in [5, 5.41) is 8.10. The molecule has 0 aliphatic carbocycles. The van der Waals surface area contributed by atoms with Gasteiger partial charge in [-0.25, -0.2) is 4.98 Å². The normalized spacial score (nSPS) is 10.9. The number of amides is 1. The fraction of sp³-hybridized carbons (Fsp3) is 0.174. The minimum atomic E-state index is -0.0920. The van der Waals surface area contributed by atoms with Gasteiger partial charge in [0.15, 0.2) is 5.65 Å². The van der Waals surface area contributed by atoms with E-state index in [1.54, 1.807) is 10.9 Å². The molecular weight excluding hydrogens is 348 g/mol. The van der Waals surface area contributed by atoms with E-state index in [1.807, 2.05) is 61.6 Å². The molecule has 2 heterocycles. The fourth-order valence-electron chi connectivity index (χ4n) is 3.29. The van der Waals surface area contributed by atoms with Crippen LogP contribution in [0.3, 0.4) is 0 Å². The average molecular weight is 370 g/mol. The quantitative estimate of drug-likeness (QED) is 0.522. The Morgan fingerprint density at radius 1 is 1.04 bits per heavy atom. The molecule has 2 aromatic carbocycles. The smallest absolute Gasteiger partial charge is 0.252 e. The van der Waals surface area contributed by atoms with Gasteiger partial charge in [0.2, 0.25) is 0 Å². The Bertz CT molecular complexity index is 1090. The van der Waals surface area contributed by atoms with Crippen molar-refractivity contribution in [2.24, 2.45) is 7.05 Å². The lowest BCUT2D eigenvalue weighted by atomic mass is 10.1. The molecule has 0 fully saturated rings. The van der Waals surface area contributed by atoms with Crippen LogP contribution in [-0.2, 0) is 13.5 Å². The Balaban J connectivity index is 1.54. The topological polar surface area (TPSA) is 59.8 Å². The molecule has 0 bridgehead atoms. The van der Waals surface area contributed by atoms with Gasteiger partial charge in [0.25, 0.3) is 5.91 Å². The van der Waals surface area contributed by atoms with E-state index in [9.17, 15) is 4.79 Å². The van der Waals surface area contributed by atoms with Crippen LogP contribution in [0.2, 0.25) is 0 Å². The Morgan fingerprint density at radius 3 is 2.50 bits per heavy atom. The van der Waals surface area contributed by atoms with Gasteiger partial charge >= 0.3 is 0 Å². The van der Waals surface area contributed by atoms with Crippen molar-refractivity contribution in [1.82, 2.24) is 20.1 Å². The summed E-state index contributed by atoms with van der Waals surface area (Å²) in [6.45, 7) is 0.623. The van der Waals surface area contributed by atoms with Crippen LogP contribution in [0.5, 0.6) is 0 Å². The molecule has 5 nitrogen and oxygen atoms in total. The number of rotatable bonds is 6. The van der Waals surface area contributed by atoms with Gasteiger partial charge in [-0.3, -0.25) is 9.48 Å². The van der Waals surface area contributed by atoms with E-state index >= 15 is 0 Å². The summed E-state index contributed by atoms with van der Waals surface area (Å²) >= 11 is 0. The number of aryl methyl sites for hydroxylation is 2. The highest BCUT2D eigenvalue weighted by molar-refractivity contribution is 6.06. The van der Waals surface area contributed by atoms with E-state index in [0.29, 0.717) is 17.8 Å². The number of hydrogen-bond acceptors (Lipinski definition) is 3. The molecule has 2 aromatic heterocycles. The van der Waals surface area contributed by atoms with Gasteiger partial charge in [0, 0.05) is 19.2 Å². The molecule has 1 amide bonds. The van der Waals surface area contributed by atoms with Crippen molar-refractivity contribution in [3.05, 3.63) is 84.1 Å². The molecule has 0 unspecified atom stereocenters. The number of aromatic nitrogens is 3. The minimum Gasteiger partial charge on any atom is -0.352 e. The fourth-order valence-corrected chi connectivity index (χ4v) is 3.29. The SMILES string of the molecule is Cn1ncc2c(C(=O)NCCCc3ccccc3)cc(-c3ccccc3)nc21. The molecule has 0 spiro atoms. The van der Waals surface area contributed by atoms with Gasteiger partial charge in [-0.05, 0) is 24.5 Å². The van der Waals surface area contributed by atoms with E-state index in [2.05, 4.69) is 22.5 Å². The number of nitrogens with one attached hydrogen (secondary N) is 1. The summed E-state index contributed by atoms with van der Waals surface area (Å²) in [6, 6.07) is 22.0. The zero-order valence-electron chi connectivity index (χ0n) is 15.8. The number of hydrogen-bond donors (Lipinski definition) is 1. The predicted octanol–water partition coefficient (Wildman–Crippen LogP) is 4.00. The number of pyridine rings is 1. The zero-order valence-corrected chi connectivity index (χ0v) is 15.8. The maximum atomic E-state index is 12.9. The molecule has 28 heavy (non-hydrogen) atoms. The summed E-state index contributed by atoms with van der Waals surface area (Å²) in [4.78, 5) is 17.6. The molecular formula is C23H22N4O. The van der Waals surface area contributed by atoms with E-state index in [4.69, 9.17) is 4.98 Å². The number of fused-ring (bicyclic) bond motifs is 1. The Morgan fingerprint density at radius 2 is 1.75 bits per heavy atom. The average Bonchev–Trinajstić information content (AvgIpc) is 3.12. The van der Waals surface area contributed by atoms with Crippen molar-refractivity contribution in [3.8, 4) is 11.3 Å². The van der Waals surface area contributed by atoms with Crippen LogP contribution in [0, 0.1) is 0 Å². The van der Waals surface area contributed by atoms with Crippen molar-refractivity contribution in [2.75, 3.05) is 6.54 Å². The summed E-state index contributed by atoms with van der Waals surface area (Å²) in [6.07, 6.45) is 3.54. The molecule has 0 aliphatic heterocycles. The monoisotopic (exact) mass is 370 g/mol. The third-order valence-corrected chi connectivity index (χ3v) is 4.79. The van der Waals surface area contributed by atoms with Crippen molar-refractivity contribution in [3.63, 3.8) is 0 Å². The molecule has 0 saturated carbocycles. The van der Waals surface area contributed by atoms with Crippen LogP contribution in [0.1, 0.15) is 22.3 Å². The van der Waals surface area contributed by atoms with Gasteiger partial charge in [0.05, 0.1) is 22.8 Å². The Labute approximate surface area is 164 Å². The van der Waals surface area contributed by atoms with Crippen molar-refractivity contribution in [2.45, 2.75) is 12.8 Å². The lowest BCUT2D eigenvalue weighted by Gasteiger charge is -2.09. The molecule has 4 rings (SSSR count). The zero-order chi connectivity index (χ0) is 19.3. The third-order valence-electron chi connectivity index (χ3n) is 4.79. The maximum absolute atomic E-state index is 12.9. The van der Waals surface area contributed by atoms with E-state index < -0.39 is 0 Å². The highest BCUT2D eigenvalue weighted by Gasteiger charge is 2.16. The molecule has 0 radical (unpaired) electrons. The van der Waals surface area contributed by atoms with Crippen LogP contribution in [-0.4, -0.2) is 27.2 Å². The lowest BCUT2D eigenvalue weighted by Crippen LogP contribution is -2.25. The first-order valence-corrected chi connectivity index (χ1v) is 9.42. The highest BCUT2D eigenvalue weighted by atomic mass is 16.1. The first kappa shape index (κ1) is 17.9. The van der Waals surface area contributed by atoms with Crippen LogP contribution in [0.15, 0.2) is 72.9 Å². The first-order valence-electron chi connectivity index (χ1n) is 9.42. The second-order valence-electron chi connectivity index (χ2n) is 6.77. The van der Waals surface area contributed by atoms with Gasteiger partial charge in [-0.1, -0.05) is 60.7 Å². The van der Waals surface area contributed by atoms with E-state index in [-0.39, 0.29) is 5.91 Å². The van der Waals surface area contributed by atoms with Crippen molar-refractivity contribution >= 4 is 16.9 Å². The maximum Gasteiger partial charge on any atom is 0.252 e. The van der Waals surface area contributed by atoms with E-state index in [0.717, 1.165) is 29.5 Å². The number of nitrogens with zero attached hydrogens (tertiary/aromatic N) is 3. The number of benzene rings is 2. The Hall–Kier alpha value is -3.47.